The standard InChI is InChI=1S/C16H15ClFN3O/c17-13-9-11(3-5-14(13)18)20-16(22)15-6-4-12(10-19-15)21-7-1-2-8-21/h3-6,9-10H,1-2,7-8H2,(H,20,22). The molecular weight excluding hydrogens is 305 g/mol. The van der Waals surface area contributed by atoms with Gasteiger partial charge in [0.2, 0.25) is 0 Å². The highest BCUT2D eigenvalue weighted by Crippen LogP contribution is 2.21. The highest BCUT2D eigenvalue weighted by Gasteiger charge is 2.14. The van der Waals surface area contributed by atoms with E-state index < -0.39 is 5.82 Å². The van der Waals surface area contributed by atoms with Crippen LogP contribution in [0.25, 0.3) is 0 Å². The Hall–Kier alpha value is -2.14. The van der Waals surface area contributed by atoms with Gasteiger partial charge in [-0.1, -0.05) is 11.6 Å². The molecule has 1 aromatic heterocycles. The van der Waals surface area contributed by atoms with E-state index in [2.05, 4.69) is 15.2 Å². The number of rotatable bonds is 3. The van der Waals surface area contributed by atoms with Crippen LogP contribution in [-0.2, 0) is 0 Å². The second-order valence-electron chi connectivity index (χ2n) is 5.18. The molecule has 1 aromatic carbocycles. The maximum Gasteiger partial charge on any atom is 0.274 e. The third-order valence-electron chi connectivity index (χ3n) is 3.63. The lowest BCUT2D eigenvalue weighted by Gasteiger charge is -2.16. The molecule has 2 aromatic rings. The summed E-state index contributed by atoms with van der Waals surface area (Å²) in [6, 6.07) is 7.62. The van der Waals surface area contributed by atoms with Crippen LogP contribution in [0, 0.1) is 5.82 Å². The van der Waals surface area contributed by atoms with Crippen molar-refractivity contribution in [2.75, 3.05) is 23.3 Å². The van der Waals surface area contributed by atoms with E-state index in [1.54, 1.807) is 12.3 Å². The van der Waals surface area contributed by atoms with Crippen LogP contribution in [0.2, 0.25) is 5.02 Å². The van der Waals surface area contributed by atoms with Gasteiger partial charge >= 0.3 is 0 Å². The Kier molecular flexibility index (Phi) is 4.24. The Morgan fingerprint density at radius 2 is 2.00 bits per heavy atom. The van der Waals surface area contributed by atoms with Crippen molar-refractivity contribution in [3.8, 4) is 0 Å². The molecule has 1 aliphatic heterocycles. The normalized spacial score (nSPS) is 14.2. The fourth-order valence-corrected chi connectivity index (χ4v) is 2.63. The lowest BCUT2D eigenvalue weighted by atomic mass is 10.2. The molecule has 1 fully saturated rings. The molecule has 4 nitrogen and oxygen atoms in total. The molecular formula is C16H15ClFN3O. The van der Waals surface area contributed by atoms with E-state index in [9.17, 15) is 9.18 Å². The molecule has 0 saturated carbocycles. The van der Waals surface area contributed by atoms with Crippen LogP contribution >= 0.6 is 11.6 Å². The van der Waals surface area contributed by atoms with Gasteiger partial charge in [0.1, 0.15) is 11.5 Å². The number of amides is 1. The van der Waals surface area contributed by atoms with Gasteiger partial charge in [-0.25, -0.2) is 9.37 Å². The van der Waals surface area contributed by atoms with E-state index >= 15 is 0 Å². The van der Waals surface area contributed by atoms with Gasteiger partial charge in [-0.15, -0.1) is 0 Å². The number of carbonyl (C=O) groups is 1. The summed E-state index contributed by atoms with van der Waals surface area (Å²) in [5.74, 6) is -0.872. The van der Waals surface area contributed by atoms with Gasteiger partial charge in [-0.2, -0.15) is 0 Å². The fraction of sp³-hybridized carbons (Fsp3) is 0.250. The van der Waals surface area contributed by atoms with Crippen molar-refractivity contribution >= 4 is 28.9 Å². The minimum Gasteiger partial charge on any atom is -0.370 e. The maximum absolute atomic E-state index is 13.1. The van der Waals surface area contributed by atoms with Crippen molar-refractivity contribution in [3.05, 3.63) is 53.1 Å². The number of hydrogen-bond donors (Lipinski definition) is 1. The largest absolute Gasteiger partial charge is 0.370 e. The van der Waals surface area contributed by atoms with Gasteiger partial charge in [0.25, 0.3) is 5.91 Å². The van der Waals surface area contributed by atoms with E-state index in [4.69, 9.17) is 11.6 Å². The number of anilines is 2. The lowest BCUT2D eigenvalue weighted by Crippen LogP contribution is -2.19. The average Bonchev–Trinajstić information content (AvgIpc) is 3.05. The molecule has 0 atom stereocenters. The Morgan fingerprint density at radius 1 is 1.23 bits per heavy atom. The molecule has 0 radical (unpaired) electrons. The first kappa shape index (κ1) is 14.8. The predicted molar refractivity (Wildman–Crippen MR) is 85.0 cm³/mol. The van der Waals surface area contributed by atoms with Crippen LogP contribution in [0.1, 0.15) is 23.3 Å². The molecule has 1 aliphatic rings. The van der Waals surface area contributed by atoms with Crippen LogP contribution in [0.5, 0.6) is 0 Å². The van der Waals surface area contributed by atoms with Crippen LogP contribution < -0.4 is 10.2 Å². The first-order valence-electron chi connectivity index (χ1n) is 7.11. The monoisotopic (exact) mass is 319 g/mol. The van der Waals surface area contributed by atoms with E-state index in [0.717, 1.165) is 18.8 Å². The third kappa shape index (κ3) is 3.20. The second-order valence-corrected chi connectivity index (χ2v) is 5.59. The predicted octanol–water partition coefficient (Wildman–Crippen LogP) is 3.73. The number of pyridine rings is 1. The van der Waals surface area contributed by atoms with Crippen molar-refractivity contribution in [1.82, 2.24) is 4.98 Å². The van der Waals surface area contributed by atoms with Crippen LogP contribution in [0.3, 0.4) is 0 Å². The van der Waals surface area contributed by atoms with Gasteiger partial charge in [0.05, 0.1) is 16.9 Å². The summed E-state index contributed by atoms with van der Waals surface area (Å²) in [5, 5.41) is 2.62. The van der Waals surface area contributed by atoms with E-state index in [-0.39, 0.29) is 10.9 Å². The third-order valence-corrected chi connectivity index (χ3v) is 3.92. The SMILES string of the molecule is O=C(Nc1ccc(F)c(Cl)c1)c1ccc(N2CCCC2)cn1. The summed E-state index contributed by atoms with van der Waals surface area (Å²) in [5.41, 5.74) is 1.77. The fourth-order valence-electron chi connectivity index (χ4n) is 2.45. The maximum atomic E-state index is 13.1. The average molecular weight is 320 g/mol. The zero-order chi connectivity index (χ0) is 15.5. The molecule has 1 amide bonds. The van der Waals surface area contributed by atoms with Gasteiger partial charge in [-0.05, 0) is 43.2 Å². The zero-order valence-electron chi connectivity index (χ0n) is 11.9. The second kappa shape index (κ2) is 6.32. The molecule has 0 bridgehead atoms. The molecule has 1 N–H and O–H groups in total. The molecule has 3 rings (SSSR count). The molecule has 2 heterocycles. The first-order chi connectivity index (χ1) is 10.6. The Bertz CT molecular complexity index is 684. The molecule has 0 aliphatic carbocycles. The zero-order valence-corrected chi connectivity index (χ0v) is 12.6. The Morgan fingerprint density at radius 3 is 2.64 bits per heavy atom. The molecule has 1 saturated heterocycles. The number of aromatic nitrogens is 1. The van der Waals surface area contributed by atoms with Crippen molar-refractivity contribution in [1.29, 1.82) is 0 Å². The minimum absolute atomic E-state index is 0.0323. The van der Waals surface area contributed by atoms with Crippen molar-refractivity contribution in [2.24, 2.45) is 0 Å². The summed E-state index contributed by atoms with van der Waals surface area (Å²) >= 11 is 5.69. The molecule has 22 heavy (non-hydrogen) atoms. The van der Waals surface area contributed by atoms with Gasteiger partial charge in [-0.3, -0.25) is 4.79 Å². The smallest absolute Gasteiger partial charge is 0.274 e. The van der Waals surface area contributed by atoms with E-state index in [0.29, 0.717) is 11.4 Å². The molecule has 6 heteroatoms. The van der Waals surface area contributed by atoms with Crippen molar-refractivity contribution in [3.63, 3.8) is 0 Å². The van der Waals surface area contributed by atoms with Crippen molar-refractivity contribution < 1.29 is 9.18 Å². The van der Waals surface area contributed by atoms with Crippen LogP contribution in [0.4, 0.5) is 15.8 Å². The minimum atomic E-state index is -0.521. The number of nitrogens with zero attached hydrogens (tertiary/aromatic N) is 2. The van der Waals surface area contributed by atoms with Gasteiger partial charge in [0, 0.05) is 18.8 Å². The van der Waals surface area contributed by atoms with E-state index in [1.807, 2.05) is 6.07 Å². The lowest BCUT2D eigenvalue weighted by molar-refractivity contribution is 0.102. The quantitative estimate of drug-likeness (QED) is 0.937. The number of nitrogens with one attached hydrogen (secondary N) is 1. The van der Waals surface area contributed by atoms with Crippen LogP contribution in [0.15, 0.2) is 36.5 Å². The Labute approximate surface area is 132 Å². The van der Waals surface area contributed by atoms with Crippen LogP contribution in [-0.4, -0.2) is 24.0 Å². The summed E-state index contributed by atoms with van der Waals surface area (Å²) in [4.78, 5) is 18.6. The molecule has 0 spiro atoms. The topological polar surface area (TPSA) is 45.2 Å². The molecule has 0 unspecified atom stereocenters. The number of benzene rings is 1. The molecule has 114 valence electrons. The first-order valence-corrected chi connectivity index (χ1v) is 7.49. The summed E-state index contributed by atoms with van der Waals surface area (Å²) in [6.07, 6.45) is 4.08. The number of halogens is 2. The Balaban J connectivity index is 1.70. The summed E-state index contributed by atoms with van der Waals surface area (Å²) < 4.78 is 13.1. The number of hydrogen-bond acceptors (Lipinski definition) is 3. The number of carbonyl (C=O) groups excluding carboxylic acids is 1. The highest BCUT2D eigenvalue weighted by atomic mass is 35.5. The van der Waals surface area contributed by atoms with E-state index in [1.165, 1.54) is 31.0 Å². The highest BCUT2D eigenvalue weighted by molar-refractivity contribution is 6.31. The van der Waals surface area contributed by atoms with Crippen molar-refractivity contribution in [2.45, 2.75) is 12.8 Å². The van der Waals surface area contributed by atoms with Gasteiger partial charge < -0.3 is 10.2 Å². The summed E-state index contributed by atoms with van der Waals surface area (Å²) in [7, 11) is 0. The van der Waals surface area contributed by atoms with Gasteiger partial charge in [0.15, 0.2) is 0 Å². The summed E-state index contributed by atoms with van der Waals surface area (Å²) in [6.45, 7) is 2.06.